The van der Waals surface area contributed by atoms with E-state index in [1.165, 1.54) is 0 Å². The topological polar surface area (TPSA) is 88.6 Å². The molecule has 1 amide bonds. The standard InChI is InChI=1S/C25H27N3O4S/c1-18-15-22(28-14-4-6-25(28)29)9-12-24(18)33(30,31)27-19(2)21-7-10-23(11-8-21)32-17-20-5-3-13-26-16-20/h3,5,7-13,15-16,19,27H,4,6,14,17H2,1-2H3. The van der Waals surface area contributed by atoms with Gasteiger partial charge in [0, 0.05) is 42.7 Å². The van der Waals surface area contributed by atoms with Crippen molar-refractivity contribution < 1.29 is 17.9 Å². The fourth-order valence-electron chi connectivity index (χ4n) is 3.89. The highest BCUT2D eigenvalue weighted by molar-refractivity contribution is 7.89. The third kappa shape index (κ3) is 5.40. The molecule has 1 atom stereocenters. The Morgan fingerprint density at radius 3 is 2.58 bits per heavy atom. The molecule has 1 N–H and O–H groups in total. The third-order valence-corrected chi connectivity index (χ3v) is 7.37. The summed E-state index contributed by atoms with van der Waals surface area (Å²) in [5, 5.41) is 0. The number of carbonyl (C=O) groups excluding carboxylic acids is 1. The van der Waals surface area contributed by atoms with Crippen LogP contribution in [0.25, 0.3) is 0 Å². The third-order valence-electron chi connectivity index (χ3n) is 5.67. The minimum Gasteiger partial charge on any atom is -0.489 e. The summed E-state index contributed by atoms with van der Waals surface area (Å²) < 4.78 is 34.6. The number of hydrogen-bond acceptors (Lipinski definition) is 5. The molecule has 0 aliphatic carbocycles. The van der Waals surface area contributed by atoms with E-state index in [4.69, 9.17) is 4.74 Å². The Balaban J connectivity index is 1.41. The molecule has 33 heavy (non-hydrogen) atoms. The fraction of sp³-hybridized carbons (Fsp3) is 0.280. The highest BCUT2D eigenvalue weighted by Crippen LogP contribution is 2.27. The molecular weight excluding hydrogens is 438 g/mol. The van der Waals surface area contributed by atoms with Crippen LogP contribution in [0.2, 0.25) is 0 Å². The van der Waals surface area contributed by atoms with Gasteiger partial charge in [-0.05, 0) is 67.8 Å². The lowest BCUT2D eigenvalue weighted by Crippen LogP contribution is -2.28. The molecule has 0 bridgehead atoms. The van der Waals surface area contributed by atoms with Gasteiger partial charge in [0.05, 0.1) is 4.90 Å². The van der Waals surface area contributed by atoms with E-state index in [9.17, 15) is 13.2 Å². The summed E-state index contributed by atoms with van der Waals surface area (Å²) >= 11 is 0. The van der Waals surface area contributed by atoms with Crippen molar-refractivity contribution in [2.24, 2.45) is 0 Å². The quantitative estimate of drug-likeness (QED) is 0.540. The molecule has 1 saturated heterocycles. The van der Waals surface area contributed by atoms with Crippen LogP contribution in [0.4, 0.5) is 5.69 Å². The summed E-state index contributed by atoms with van der Waals surface area (Å²) in [4.78, 5) is 18.0. The summed E-state index contributed by atoms with van der Waals surface area (Å²) in [5.74, 6) is 0.769. The van der Waals surface area contributed by atoms with Crippen LogP contribution in [0.5, 0.6) is 5.75 Å². The van der Waals surface area contributed by atoms with Crippen molar-refractivity contribution in [3.8, 4) is 5.75 Å². The normalized spacial score (nSPS) is 15.0. The fourth-order valence-corrected chi connectivity index (χ4v) is 5.35. The Morgan fingerprint density at radius 1 is 1.15 bits per heavy atom. The second-order valence-corrected chi connectivity index (χ2v) is 9.84. The lowest BCUT2D eigenvalue weighted by Gasteiger charge is -2.19. The molecule has 1 aromatic heterocycles. The van der Waals surface area contributed by atoms with Gasteiger partial charge in [0.25, 0.3) is 0 Å². The van der Waals surface area contributed by atoms with E-state index in [1.54, 1.807) is 49.3 Å². The monoisotopic (exact) mass is 465 g/mol. The number of hydrogen-bond donors (Lipinski definition) is 1. The number of nitrogens with one attached hydrogen (secondary N) is 1. The van der Waals surface area contributed by atoms with Gasteiger partial charge in [0.2, 0.25) is 15.9 Å². The zero-order valence-electron chi connectivity index (χ0n) is 18.7. The van der Waals surface area contributed by atoms with Crippen molar-refractivity contribution in [2.45, 2.75) is 44.2 Å². The van der Waals surface area contributed by atoms with Gasteiger partial charge in [-0.2, -0.15) is 0 Å². The van der Waals surface area contributed by atoms with Crippen LogP contribution in [0.1, 0.15) is 42.5 Å². The molecule has 3 aromatic rings. The van der Waals surface area contributed by atoms with E-state index in [0.29, 0.717) is 30.9 Å². The number of aryl methyl sites for hydroxylation is 1. The molecule has 4 rings (SSSR count). The number of pyridine rings is 1. The van der Waals surface area contributed by atoms with Crippen molar-refractivity contribution in [3.05, 3.63) is 83.7 Å². The number of nitrogens with zero attached hydrogens (tertiary/aromatic N) is 2. The second-order valence-electron chi connectivity index (χ2n) is 8.16. The molecule has 1 unspecified atom stereocenters. The minimum atomic E-state index is -3.74. The van der Waals surface area contributed by atoms with Crippen LogP contribution in [-0.2, 0) is 21.4 Å². The summed E-state index contributed by atoms with van der Waals surface area (Å²) in [5.41, 5.74) is 3.14. The van der Waals surface area contributed by atoms with E-state index in [-0.39, 0.29) is 10.8 Å². The highest BCUT2D eigenvalue weighted by atomic mass is 32.2. The highest BCUT2D eigenvalue weighted by Gasteiger charge is 2.25. The molecule has 0 radical (unpaired) electrons. The van der Waals surface area contributed by atoms with Crippen LogP contribution in [0.15, 0.2) is 71.9 Å². The first kappa shape index (κ1) is 22.9. The van der Waals surface area contributed by atoms with Gasteiger partial charge in [0.1, 0.15) is 12.4 Å². The Kier molecular flexibility index (Phi) is 6.76. The van der Waals surface area contributed by atoms with Gasteiger partial charge >= 0.3 is 0 Å². The maximum absolute atomic E-state index is 13.0. The molecule has 2 heterocycles. The van der Waals surface area contributed by atoms with Crippen molar-refractivity contribution in [2.75, 3.05) is 11.4 Å². The van der Waals surface area contributed by atoms with Gasteiger partial charge in [-0.1, -0.05) is 18.2 Å². The Hall–Kier alpha value is -3.23. The summed E-state index contributed by atoms with van der Waals surface area (Å²) in [6.07, 6.45) is 4.82. The predicted octanol–water partition coefficient (Wildman–Crippen LogP) is 4.14. The van der Waals surface area contributed by atoms with Crippen molar-refractivity contribution >= 4 is 21.6 Å². The second kappa shape index (κ2) is 9.72. The van der Waals surface area contributed by atoms with E-state index in [1.807, 2.05) is 36.4 Å². The zero-order valence-corrected chi connectivity index (χ0v) is 19.5. The average Bonchev–Trinajstić information content (AvgIpc) is 3.24. The first-order valence-electron chi connectivity index (χ1n) is 10.9. The van der Waals surface area contributed by atoms with Crippen LogP contribution in [-0.4, -0.2) is 25.9 Å². The van der Waals surface area contributed by atoms with E-state index < -0.39 is 16.1 Å². The first-order valence-corrected chi connectivity index (χ1v) is 12.4. The van der Waals surface area contributed by atoms with Crippen LogP contribution in [0.3, 0.4) is 0 Å². The molecule has 8 heteroatoms. The lowest BCUT2D eigenvalue weighted by atomic mass is 10.1. The van der Waals surface area contributed by atoms with Crippen LogP contribution >= 0.6 is 0 Å². The molecule has 1 aliphatic heterocycles. The van der Waals surface area contributed by atoms with Gasteiger partial charge in [-0.3, -0.25) is 9.78 Å². The van der Waals surface area contributed by atoms with Crippen molar-refractivity contribution in [3.63, 3.8) is 0 Å². The summed E-state index contributed by atoms with van der Waals surface area (Å²) in [6.45, 7) is 4.63. The SMILES string of the molecule is Cc1cc(N2CCCC2=O)ccc1S(=O)(=O)NC(C)c1ccc(OCc2cccnc2)cc1. The maximum atomic E-state index is 13.0. The Bertz CT molecular complexity index is 1230. The Morgan fingerprint density at radius 2 is 1.94 bits per heavy atom. The zero-order chi connectivity index (χ0) is 23.4. The Labute approximate surface area is 194 Å². The van der Waals surface area contributed by atoms with Gasteiger partial charge in [0.15, 0.2) is 0 Å². The largest absolute Gasteiger partial charge is 0.489 e. The van der Waals surface area contributed by atoms with Gasteiger partial charge in [-0.15, -0.1) is 0 Å². The molecule has 1 fully saturated rings. The molecule has 0 spiro atoms. The van der Waals surface area contributed by atoms with Crippen LogP contribution < -0.4 is 14.4 Å². The van der Waals surface area contributed by atoms with E-state index in [0.717, 1.165) is 23.2 Å². The van der Waals surface area contributed by atoms with Crippen LogP contribution in [0, 0.1) is 6.92 Å². The van der Waals surface area contributed by atoms with E-state index in [2.05, 4.69) is 9.71 Å². The van der Waals surface area contributed by atoms with Crippen molar-refractivity contribution in [1.29, 1.82) is 0 Å². The van der Waals surface area contributed by atoms with Gasteiger partial charge < -0.3 is 9.64 Å². The number of rotatable bonds is 8. The molecule has 7 nitrogen and oxygen atoms in total. The molecule has 172 valence electrons. The summed E-state index contributed by atoms with van der Waals surface area (Å²) in [6, 6.07) is 15.7. The smallest absolute Gasteiger partial charge is 0.241 e. The predicted molar refractivity (Wildman–Crippen MR) is 127 cm³/mol. The number of aromatic nitrogens is 1. The molecule has 1 aliphatic rings. The number of ether oxygens (including phenoxy) is 1. The number of benzene rings is 2. The number of sulfonamides is 1. The average molecular weight is 466 g/mol. The molecule has 2 aromatic carbocycles. The minimum absolute atomic E-state index is 0.0737. The summed E-state index contributed by atoms with van der Waals surface area (Å²) in [7, 11) is -3.74. The van der Waals surface area contributed by atoms with E-state index >= 15 is 0 Å². The molecule has 0 saturated carbocycles. The maximum Gasteiger partial charge on any atom is 0.241 e. The number of carbonyl (C=O) groups is 1. The van der Waals surface area contributed by atoms with Gasteiger partial charge in [-0.25, -0.2) is 13.1 Å². The number of anilines is 1. The number of amides is 1. The lowest BCUT2D eigenvalue weighted by molar-refractivity contribution is -0.117. The van der Waals surface area contributed by atoms with Crippen molar-refractivity contribution in [1.82, 2.24) is 9.71 Å². The molecular formula is C25H27N3O4S. The first-order chi connectivity index (χ1) is 15.8.